The van der Waals surface area contributed by atoms with Crippen molar-refractivity contribution >= 4 is 41.4 Å². The Hall–Kier alpha value is -2.38. The molecule has 12 nitrogen and oxygen atoms in total. The predicted octanol–water partition coefficient (Wildman–Crippen LogP) is -0.354. The quantitative estimate of drug-likeness (QED) is 0.110. The minimum Gasteiger partial charge on any atom is -0.481 e. The van der Waals surface area contributed by atoms with E-state index in [0.717, 1.165) is 0 Å². The van der Waals surface area contributed by atoms with Gasteiger partial charge in [0.05, 0.1) is 6.04 Å². The highest BCUT2D eigenvalue weighted by Crippen LogP contribution is 2.09. The largest absolute Gasteiger partial charge is 0.481 e. The van der Waals surface area contributed by atoms with Gasteiger partial charge in [-0.3, -0.25) is 19.2 Å². The van der Waals surface area contributed by atoms with Crippen molar-refractivity contribution in [1.82, 2.24) is 16.0 Å². The average molecular weight is 520 g/mol. The van der Waals surface area contributed by atoms with Crippen molar-refractivity contribution < 1.29 is 34.2 Å². The Bertz CT molecular complexity index is 708. The monoisotopic (exact) mass is 519 g/mol. The Morgan fingerprint density at radius 3 is 1.91 bits per heavy atom. The molecule has 0 aliphatic heterocycles. The maximum Gasteiger partial charge on any atom is 0.326 e. The lowest BCUT2D eigenvalue weighted by molar-refractivity contribution is -0.142. The highest BCUT2D eigenvalue weighted by atomic mass is 32.2. The Morgan fingerprint density at radius 1 is 0.829 bits per heavy atom. The number of rotatable bonds is 19. The Kier molecular flexibility index (Phi) is 16.7. The number of unbranched alkanes of at least 4 members (excludes halogenated alkanes) is 1. The summed E-state index contributed by atoms with van der Waals surface area (Å²) < 4.78 is 0. The van der Waals surface area contributed by atoms with Gasteiger partial charge in [0.25, 0.3) is 0 Å². The van der Waals surface area contributed by atoms with Crippen LogP contribution in [0.1, 0.15) is 58.8 Å². The zero-order valence-electron chi connectivity index (χ0n) is 20.7. The molecule has 0 spiro atoms. The van der Waals surface area contributed by atoms with Crippen LogP contribution in [-0.2, 0) is 24.0 Å². The summed E-state index contributed by atoms with van der Waals surface area (Å²) in [5.74, 6) is -3.62. The van der Waals surface area contributed by atoms with Crippen molar-refractivity contribution in [3.8, 4) is 0 Å². The molecule has 35 heavy (non-hydrogen) atoms. The second kappa shape index (κ2) is 18.0. The first kappa shape index (κ1) is 32.6. The maximum absolute atomic E-state index is 13.1. The molecule has 0 rings (SSSR count). The Morgan fingerprint density at radius 2 is 1.40 bits per heavy atom. The van der Waals surface area contributed by atoms with Gasteiger partial charge >= 0.3 is 11.9 Å². The van der Waals surface area contributed by atoms with Crippen LogP contribution in [0.15, 0.2) is 0 Å². The van der Waals surface area contributed by atoms with Gasteiger partial charge in [0.2, 0.25) is 17.7 Å². The fourth-order valence-corrected chi connectivity index (χ4v) is 3.66. The van der Waals surface area contributed by atoms with Gasteiger partial charge in [-0.05, 0) is 63.0 Å². The summed E-state index contributed by atoms with van der Waals surface area (Å²) in [4.78, 5) is 60.6. The van der Waals surface area contributed by atoms with Gasteiger partial charge < -0.3 is 37.6 Å². The van der Waals surface area contributed by atoms with E-state index < -0.39 is 53.8 Å². The number of nitrogens with one attached hydrogen (secondary N) is 3. The number of amides is 3. The van der Waals surface area contributed by atoms with Gasteiger partial charge in [-0.1, -0.05) is 13.8 Å². The second-order valence-electron chi connectivity index (χ2n) is 8.76. The highest BCUT2D eigenvalue weighted by molar-refractivity contribution is 7.98. The van der Waals surface area contributed by atoms with E-state index in [1.165, 1.54) is 11.8 Å². The van der Waals surface area contributed by atoms with E-state index in [9.17, 15) is 29.1 Å². The van der Waals surface area contributed by atoms with Crippen LogP contribution < -0.4 is 27.4 Å². The van der Waals surface area contributed by atoms with Crippen molar-refractivity contribution in [2.45, 2.75) is 83.0 Å². The van der Waals surface area contributed by atoms with Crippen LogP contribution in [0.3, 0.4) is 0 Å². The zero-order chi connectivity index (χ0) is 27.0. The van der Waals surface area contributed by atoms with Gasteiger partial charge in [0.15, 0.2) is 0 Å². The summed E-state index contributed by atoms with van der Waals surface area (Å²) in [6, 6.07) is -4.22. The lowest BCUT2D eigenvalue weighted by atomic mass is 10.0. The Balaban J connectivity index is 5.46. The minimum atomic E-state index is -1.17. The van der Waals surface area contributed by atoms with Crippen LogP contribution in [-0.4, -0.2) is 82.6 Å². The van der Waals surface area contributed by atoms with Crippen molar-refractivity contribution in [2.24, 2.45) is 17.4 Å². The number of aliphatic carboxylic acids is 2. The van der Waals surface area contributed by atoms with E-state index in [1.54, 1.807) is 0 Å². The molecule has 9 N–H and O–H groups in total. The zero-order valence-corrected chi connectivity index (χ0v) is 21.6. The van der Waals surface area contributed by atoms with Crippen LogP contribution in [0, 0.1) is 5.92 Å². The fourth-order valence-electron chi connectivity index (χ4n) is 3.19. The SMILES string of the molecule is CSCCC(NC(=O)C(CCCCN)NC(=O)C(CC(C)C)NC(=O)C(N)CCC(=O)O)C(=O)O. The van der Waals surface area contributed by atoms with E-state index in [0.29, 0.717) is 25.1 Å². The molecule has 0 fully saturated rings. The second-order valence-corrected chi connectivity index (χ2v) is 9.74. The molecule has 202 valence electrons. The first-order chi connectivity index (χ1) is 16.4. The molecule has 0 aliphatic carbocycles. The third-order valence-corrected chi connectivity index (χ3v) is 5.80. The maximum atomic E-state index is 13.1. The highest BCUT2D eigenvalue weighted by Gasteiger charge is 2.30. The number of thioether (sulfide) groups is 1. The number of hydrogen-bond donors (Lipinski definition) is 7. The molecule has 3 amide bonds. The number of nitrogens with two attached hydrogens (primary N) is 2. The standard InChI is InChI=1S/C22H41N5O7S/c1-13(2)12-17(27-19(30)14(24)7-8-18(28)29)21(32)25-15(6-4-5-10-23)20(31)26-16(22(33)34)9-11-35-3/h13-17H,4-12,23-24H2,1-3H3,(H,25,32)(H,26,31)(H,27,30)(H,28,29)(H,33,34). The van der Waals surface area contributed by atoms with Gasteiger partial charge in [-0.2, -0.15) is 11.8 Å². The van der Waals surface area contributed by atoms with Crippen LogP contribution in [0.4, 0.5) is 0 Å². The summed E-state index contributed by atoms with van der Waals surface area (Å²) in [7, 11) is 0. The van der Waals surface area contributed by atoms with E-state index in [1.807, 2.05) is 20.1 Å². The molecule has 0 radical (unpaired) electrons. The van der Waals surface area contributed by atoms with Gasteiger partial charge in [-0.15, -0.1) is 0 Å². The number of carbonyl (C=O) groups excluding carboxylic acids is 3. The third kappa shape index (κ3) is 14.6. The molecule has 0 heterocycles. The normalized spacial score (nSPS) is 14.5. The van der Waals surface area contributed by atoms with Crippen LogP contribution in [0.2, 0.25) is 0 Å². The topological polar surface area (TPSA) is 214 Å². The van der Waals surface area contributed by atoms with Gasteiger partial charge in [-0.25, -0.2) is 4.79 Å². The molecule has 4 unspecified atom stereocenters. The number of carboxylic acids is 2. The third-order valence-electron chi connectivity index (χ3n) is 5.15. The number of carbonyl (C=O) groups is 5. The number of hydrogen-bond acceptors (Lipinski definition) is 8. The minimum absolute atomic E-state index is 0.00810. The van der Waals surface area contributed by atoms with Crippen LogP contribution in [0.5, 0.6) is 0 Å². The summed E-state index contributed by atoms with van der Waals surface area (Å²) in [5, 5.41) is 25.9. The molecular weight excluding hydrogens is 478 g/mol. The van der Waals surface area contributed by atoms with Gasteiger partial charge in [0.1, 0.15) is 18.1 Å². The lowest BCUT2D eigenvalue weighted by Gasteiger charge is -2.26. The molecular formula is C22H41N5O7S. The lowest BCUT2D eigenvalue weighted by Crippen LogP contribution is -2.57. The molecule has 0 aliphatic rings. The van der Waals surface area contributed by atoms with E-state index in [-0.39, 0.29) is 38.0 Å². The van der Waals surface area contributed by atoms with Crippen molar-refractivity contribution in [2.75, 3.05) is 18.6 Å². The van der Waals surface area contributed by atoms with E-state index in [2.05, 4.69) is 16.0 Å². The molecule has 0 saturated heterocycles. The van der Waals surface area contributed by atoms with E-state index >= 15 is 0 Å². The van der Waals surface area contributed by atoms with Crippen molar-refractivity contribution in [3.63, 3.8) is 0 Å². The fraction of sp³-hybridized carbons (Fsp3) is 0.773. The molecule has 0 bridgehead atoms. The first-order valence-corrected chi connectivity index (χ1v) is 13.1. The smallest absolute Gasteiger partial charge is 0.326 e. The molecule has 0 saturated carbocycles. The molecule has 13 heteroatoms. The summed E-state index contributed by atoms with van der Waals surface area (Å²) in [6.07, 6.45) is 3.31. The van der Waals surface area contributed by atoms with Crippen LogP contribution in [0.25, 0.3) is 0 Å². The van der Waals surface area contributed by atoms with Crippen molar-refractivity contribution in [3.05, 3.63) is 0 Å². The molecule has 0 aromatic carbocycles. The number of carboxylic acid groups (broad SMARTS) is 2. The summed E-state index contributed by atoms with van der Waals surface area (Å²) in [5.41, 5.74) is 11.3. The molecule has 0 aromatic rings. The van der Waals surface area contributed by atoms with Gasteiger partial charge in [0, 0.05) is 6.42 Å². The average Bonchev–Trinajstić information content (AvgIpc) is 2.78. The molecule has 4 atom stereocenters. The van der Waals surface area contributed by atoms with Crippen LogP contribution >= 0.6 is 11.8 Å². The predicted molar refractivity (Wildman–Crippen MR) is 134 cm³/mol. The summed E-state index contributed by atoms with van der Waals surface area (Å²) in [6.45, 7) is 4.10. The van der Waals surface area contributed by atoms with Crippen molar-refractivity contribution in [1.29, 1.82) is 0 Å². The summed E-state index contributed by atoms with van der Waals surface area (Å²) >= 11 is 1.45. The Labute approximate surface area is 210 Å². The van der Waals surface area contributed by atoms with E-state index in [4.69, 9.17) is 16.6 Å². The molecule has 0 aromatic heterocycles. The first-order valence-electron chi connectivity index (χ1n) is 11.7.